The van der Waals surface area contributed by atoms with Crippen molar-refractivity contribution in [3.05, 3.63) is 35.9 Å². The largest absolute Gasteiger partial charge is 0.315 e. The van der Waals surface area contributed by atoms with Crippen LogP contribution in [0.3, 0.4) is 0 Å². The molecule has 1 fully saturated rings. The van der Waals surface area contributed by atoms with Gasteiger partial charge in [-0.25, -0.2) is 0 Å². The fraction of sp³-hybridized carbons (Fsp3) is 0.538. The molecule has 1 heteroatoms. The minimum Gasteiger partial charge on any atom is -0.315 e. The van der Waals surface area contributed by atoms with Crippen molar-refractivity contribution in [2.45, 2.75) is 20.3 Å². The second kappa shape index (κ2) is 3.74. The molecule has 0 saturated carbocycles. The van der Waals surface area contributed by atoms with Crippen LogP contribution in [-0.4, -0.2) is 13.1 Å². The van der Waals surface area contributed by atoms with Gasteiger partial charge in [-0.1, -0.05) is 44.2 Å². The lowest BCUT2D eigenvalue weighted by Crippen LogP contribution is -2.57. The smallest absolute Gasteiger partial charge is 0.00259 e. The van der Waals surface area contributed by atoms with Crippen molar-refractivity contribution in [1.82, 2.24) is 5.32 Å². The van der Waals surface area contributed by atoms with Crippen molar-refractivity contribution < 1.29 is 0 Å². The standard InChI is InChI=1S/C13H19N/c1-11(2)13(9-14-10-13)8-12-6-4-3-5-7-12/h3-7,11,14H,8-10H2,1-2H3. The van der Waals surface area contributed by atoms with Gasteiger partial charge in [0, 0.05) is 18.5 Å². The molecule has 14 heavy (non-hydrogen) atoms. The second-order valence-electron chi connectivity index (χ2n) is 4.78. The quantitative estimate of drug-likeness (QED) is 0.770. The molecule has 1 aliphatic rings. The summed E-state index contributed by atoms with van der Waals surface area (Å²) in [6, 6.07) is 10.8. The summed E-state index contributed by atoms with van der Waals surface area (Å²) in [7, 11) is 0. The predicted octanol–water partition coefficient (Wildman–Crippen LogP) is 2.47. The molecule has 0 aliphatic carbocycles. The van der Waals surface area contributed by atoms with E-state index < -0.39 is 0 Å². The van der Waals surface area contributed by atoms with Gasteiger partial charge in [0.05, 0.1) is 0 Å². The summed E-state index contributed by atoms with van der Waals surface area (Å²) in [5.41, 5.74) is 1.99. The highest BCUT2D eigenvalue weighted by Crippen LogP contribution is 2.35. The molecule has 0 amide bonds. The number of rotatable bonds is 3. The van der Waals surface area contributed by atoms with Crippen LogP contribution in [0.2, 0.25) is 0 Å². The molecule has 1 saturated heterocycles. The third kappa shape index (κ3) is 1.69. The minimum atomic E-state index is 0.515. The Morgan fingerprint density at radius 1 is 1.21 bits per heavy atom. The molecule has 0 unspecified atom stereocenters. The van der Waals surface area contributed by atoms with Gasteiger partial charge in [0.2, 0.25) is 0 Å². The van der Waals surface area contributed by atoms with E-state index in [-0.39, 0.29) is 0 Å². The first-order chi connectivity index (χ1) is 6.73. The molecule has 1 nitrogen and oxygen atoms in total. The summed E-state index contributed by atoms with van der Waals surface area (Å²) in [4.78, 5) is 0. The minimum absolute atomic E-state index is 0.515. The number of hydrogen-bond donors (Lipinski definition) is 1. The highest BCUT2D eigenvalue weighted by molar-refractivity contribution is 5.18. The Bertz CT molecular complexity index is 285. The summed E-state index contributed by atoms with van der Waals surface area (Å²) in [5.74, 6) is 0.768. The molecule has 1 aromatic carbocycles. The van der Waals surface area contributed by atoms with Crippen LogP contribution in [0.1, 0.15) is 19.4 Å². The highest BCUT2D eigenvalue weighted by atomic mass is 15.0. The molecule has 76 valence electrons. The van der Waals surface area contributed by atoms with E-state index in [0.29, 0.717) is 5.41 Å². The van der Waals surface area contributed by atoms with Crippen molar-refractivity contribution in [3.8, 4) is 0 Å². The van der Waals surface area contributed by atoms with Gasteiger partial charge in [0.25, 0.3) is 0 Å². The van der Waals surface area contributed by atoms with Gasteiger partial charge in [-0.15, -0.1) is 0 Å². The Morgan fingerprint density at radius 3 is 2.29 bits per heavy atom. The van der Waals surface area contributed by atoms with Crippen LogP contribution in [0.5, 0.6) is 0 Å². The molecule has 0 atom stereocenters. The van der Waals surface area contributed by atoms with E-state index in [0.717, 1.165) is 5.92 Å². The molecule has 2 rings (SSSR count). The van der Waals surface area contributed by atoms with Crippen molar-refractivity contribution in [2.24, 2.45) is 11.3 Å². The average Bonchev–Trinajstić information content (AvgIpc) is 2.12. The zero-order valence-corrected chi connectivity index (χ0v) is 9.09. The molecular formula is C13H19N. The first-order valence-electron chi connectivity index (χ1n) is 5.48. The molecule has 0 spiro atoms. The van der Waals surface area contributed by atoms with E-state index >= 15 is 0 Å². The molecule has 1 aliphatic heterocycles. The summed E-state index contributed by atoms with van der Waals surface area (Å²) in [6.45, 7) is 7.03. The van der Waals surface area contributed by atoms with Gasteiger partial charge in [-0.2, -0.15) is 0 Å². The van der Waals surface area contributed by atoms with Gasteiger partial charge >= 0.3 is 0 Å². The van der Waals surface area contributed by atoms with Gasteiger partial charge < -0.3 is 5.32 Å². The van der Waals surface area contributed by atoms with Gasteiger partial charge in [-0.05, 0) is 17.9 Å². The van der Waals surface area contributed by atoms with E-state index in [4.69, 9.17) is 0 Å². The van der Waals surface area contributed by atoms with Crippen molar-refractivity contribution in [1.29, 1.82) is 0 Å². The van der Waals surface area contributed by atoms with E-state index in [1.165, 1.54) is 25.1 Å². The molecule has 1 N–H and O–H groups in total. The lowest BCUT2D eigenvalue weighted by atomic mass is 9.68. The first-order valence-corrected chi connectivity index (χ1v) is 5.48. The number of benzene rings is 1. The Hall–Kier alpha value is -0.820. The fourth-order valence-electron chi connectivity index (χ4n) is 2.19. The van der Waals surface area contributed by atoms with Crippen LogP contribution in [0, 0.1) is 11.3 Å². The summed E-state index contributed by atoms with van der Waals surface area (Å²) in [6.07, 6.45) is 1.22. The molecule has 0 radical (unpaired) electrons. The average molecular weight is 189 g/mol. The highest BCUT2D eigenvalue weighted by Gasteiger charge is 2.39. The van der Waals surface area contributed by atoms with E-state index in [9.17, 15) is 0 Å². The van der Waals surface area contributed by atoms with Crippen molar-refractivity contribution >= 4 is 0 Å². The summed E-state index contributed by atoms with van der Waals surface area (Å²) >= 11 is 0. The van der Waals surface area contributed by atoms with Crippen LogP contribution in [0.4, 0.5) is 0 Å². The normalized spacial score (nSPS) is 19.4. The lowest BCUT2D eigenvalue weighted by Gasteiger charge is -2.46. The van der Waals surface area contributed by atoms with E-state index in [1.54, 1.807) is 0 Å². The zero-order chi connectivity index (χ0) is 10.0. The number of nitrogens with one attached hydrogen (secondary N) is 1. The van der Waals surface area contributed by atoms with Crippen LogP contribution in [-0.2, 0) is 6.42 Å². The van der Waals surface area contributed by atoms with Crippen LogP contribution >= 0.6 is 0 Å². The summed E-state index contributed by atoms with van der Waals surface area (Å²) < 4.78 is 0. The summed E-state index contributed by atoms with van der Waals surface area (Å²) in [5, 5.41) is 3.40. The lowest BCUT2D eigenvalue weighted by molar-refractivity contribution is 0.0995. The van der Waals surface area contributed by atoms with Crippen LogP contribution in [0.25, 0.3) is 0 Å². The Labute approximate surface area is 86.5 Å². The van der Waals surface area contributed by atoms with Gasteiger partial charge in [0.15, 0.2) is 0 Å². The molecule has 0 aromatic heterocycles. The maximum absolute atomic E-state index is 3.40. The second-order valence-corrected chi connectivity index (χ2v) is 4.78. The zero-order valence-electron chi connectivity index (χ0n) is 9.09. The van der Waals surface area contributed by atoms with E-state index in [1.807, 2.05) is 0 Å². The fourth-order valence-corrected chi connectivity index (χ4v) is 2.19. The van der Waals surface area contributed by atoms with E-state index in [2.05, 4.69) is 49.5 Å². The molecule has 1 heterocycles. The monoisotopic (exact) mass is 189 g/mol. The SMILES string of the molecule is CC(C)C1(Cc2ccccc2)CNC1. The topological polar surface area (TPSA) is 12.0 Å². The Morgan fingerprint density at radius 2 is 1.86 bits per heavy atom. The Kier molecular flexibility index (Phi) is 2.60. The van der Waals surface area contributed by atoms with Gasteiger partial charge in [-0.3, -0.25) is 0 Å². The maximum Gasteiger partial charge on any atom is 0.00259 e. The Balaban J connectivity index is 2.09. The predicted molar refractivity (Wildman–Crippen MR) is 60.3 cm³/mol. The maximum atomic E-state index is 3.40. The third-order valence-electron chi connectivity index (χ3n) is 3.58. The first kappa shape index (κ1) is 9.72. The van der Waals surface area contributed by atoms with Crippen LogP contribution < -0.4 is 5.32 Å². The molecular weight excluding hydrogens is 170 g/mol. The van der Waals surface area contributed by atoms with Gasteiger partial charge in [0.1, 0.15) is 0 Å². The molecule has 0 bridgehead atoms. The van der Waals surface area contributed by atoms with Crippen molar-refractivity contribution in [3.63, 3.8) is 0 Å². The third-order valence-corrected chi connectivity index (χ3v) is 3.58. The molecule has 1 aromatic rings. The van der Waals surface area contributed by atoms with Crippen molar-refractivity contribution in [2.75, 3.05) is 13.1 Å². The van der Waals surface area contributed by atoms with Crippen LogP contribution in [0.15, 0.2) is 30.3 Å². The number of hydrogen-bond acceptors (Lipinski definition) is 1.